The summed E-state index contributed by atoms with van der Waals surface area (Å²) in [7, 11) is 1.31. The largest absolute Gasteiger partial charge is 1.00 e. The minimum atomic E-state index is -1.32. The second-order valence-electron chi connectivity index (χ2n) is 15.7. The molecule has 0 spiro atoms. The van der Waals surface area contributed by atoms with Crippen LogP contribution in [0.1, 0.15) is 43.0 Å². The summed E-state index contributed by atoms with van der Waals surface area (Å²) in [6.07, 6.45) is 3.95. The van der Waals surface area contributed by atoms with Gasteiger partial charge in [0.05, 0.1) is 19.1 Å². The van der Waals surface area contributed by atoms with Crippen LogP contribution in [0.15, 0.2) is 207 Å². The van der Waals surface area contributed by atoms with Crippen molar-refractivity contribution in [2.24, 2.45) is 0 Å². The molecule has 12 nitrogen and oxygen atoms in total. The summed E-state index contributed by atoms with van der Waals surface area (Å²) in [6.45, 7) is 0.891. The second-order valence-corrected chi connectivity index (χ2v) is 15.7. The van der Waals surface area contributed by atoms with E-state index in [9.17, 15) is 24.3 Å². The van der Waals surface area contributed by atoms with Crippen LogP contribution in [0.25, 0.3) is 22.3 Å². The van der Waals surface area contributed by atoms with Gasteiger partial charge in [0.1, 0.15) is 19.3 Å². The molecule has 2 unspecified atom stereocenters. The van der Waals surface area contributed by atoms with Crippen molar-refractivity contribution >= 4 is 23.8 Å². The molecule has 8 aromatic rings. The van der Waals surface area contributed by atoms with Gasteiger partial charge in [-0.15, -0.1) is 0 Å². The maximum atomic E-state index is 12.8. The fourth-order valence-electron chi connectivity index (χ4n) is 7.08. The molecule has 8 rings (SSSR count). The van der Waals surface area contributed by atoms with E-state index in [1.807, 2.05) is 152 Å². The third-order valence-corrected chi connectivity index (χ3v) is 10.8. The Bertz CT molecular complexity index is 2880. The molecule has 0 aliphatic carbocycles. The van der Waals surface area contributed by atoms with E-state index in [0.717, 1.165) is 44.5 Å². The zero-order chi connectivity index (χ0) is 48.2. The third kappa shape index (κ3) is 15.6. The van der Waals surface area contributed by atoms with E-state index < -0.39 is 29.9 Å². The molecule has 0 saturated heterocycles. The van der Waals surface area contributed by atoms with Crippen LogP contribution in [0.4, 0.5) is 0 Å². The van der Waals surface area contributed by atoms with Crippen molar-refractivity contribution < 1.29 is 68.1 Å². The van der Waals surface area contributed by atoms with Gasteiger partial charge in [-0.1, -0.05) is 146 Å². The Hall–Kier alpha value is -7.90. The molecule has 0 aliphatic heterocycles. The number of aliphatic carboxylic acids is 1. The summed E-state index contributed by atoms with van der Waals surface area (Å²) in [6, 6.07) is 57.9. The first-order chi connectivity index (χ1) is 33.7. The van der Waals surface area contributed by atoms with Crippen LogP contribution in [0.2, 0.25) is 0 Å². The van der Waals surface area contributed by atoms with Crippen LogP contribution in [0.3, 0.4) is 0 Å². The molecule has 6 aromatic carbocycles. The van der Waals surface area contributed by atoms with Gasteiger partial charge in [-0.05, 0) is 76.2 Å². The van der Waals surface area contributed by atoms with E-state index in [-0.39, 0.29) is 41.9 Å². The zero-order valence-corrected chi connectivity index (χ0v) is 40.8. The summed E-state index contributed by atoms with van der Waals surface area (Å²) in [4.78, 5) is 57.9. The van der Waals surface area contributed by atoms with Crippen molar-refractivity contribution in [3.8, 4) is 34.0 Å². The van der Waals surface area contributed by atoms with Crippen molar-refractivity contribution in [3.05, 3.63) is 240 Å². The molecule has 2 amide bonds. The van der Waals surface area contributed by atoms with E-state index in [2.05, 4.69) is 20.6 Å². The maximum Gasteiger partial charge on any atom is 1.00 e. The number of methoxy groups -OCH3 is 1. The summed E-state index contributed by atoms with van der Waals surface area (Å²) in [5.41, 5.74) is 8.24. The smallest absolute Gasteiger partial charge is 0.548 e. The molecule has 13 heteroatoms. The summed E-state index contributed by atoms with van der Waals surface area (Å²) < 4.78 is 16.3. The van der Waals surface area contributed by atoms with E-state index in [1.165, 1.54) is 7.11 Å². The first kappa shape index (κ1) is 51.5. The number of amides is 2. The SMILES string of the molecule is COC(=O)C(Cc1ccccc1)NC(=O)c1ccc(-c2ccc(OCc3ccccc3)nc2)cc1.O=C(NC(Cc1ccccc1)C(=O)[O-])c1ccc(-c2ccc(OCc3ccccc3)nc2)cc1.[Na+]. The average molecular weight is 941 g/mol. The number of carboxylic acid groups (broad SMARTS) is 1. The van der Waals surface area contributed by atoms with Crippen molar-refractivity contribution in [1.29, 1.82) is 0 Å². The van der Waals surface area contributed by atoms with Crippen molar-refractivity contribution in [3.63, 3.8) is 0 Å². The van der Waals surface area contributed by atoms with Crippen LogP contribution in [0.5, 0.6) is 11.8 Å². The van der Waals surface area contributed by atoms with Crippen LogP contribution >= 0.6 is 0 Å². The first-order valence-corrected chi connectivity index (χ1v) is 22.2. The molecule has 0 aliphatic rings. The Balaban J connectivity index is 0.000000226. The molecule has 2 heterocycles. The number of esters is 1. The molecule has 0 saturated carbocycles. The van der Waals surface area contributed by atoms with E-state index >= 15 is 0 Å². The van der Waals surface area contributed by atoms with Gasteiger partial charge in [-0.3, -0.25) is 9.59 Å². The van der Waals surface area contributed by atoms with Gasteiger partial charge < -0.3 is 34.7 Å². The van der Waals surface area contributed by atoms with Gasteiger partial charge in [0.2, 0.25) is 11.8 Å². The Kier molecular flexibility index (Phi) is 19.6. The van der Waals surface area contributed by atoms with Crippen LogP contribution in [-0.4, -0.2) is 52.9 Å². The molecule has 0 radical (unpaired) electrons. The molecule has 0 bridgehead atoms. The molecular weight excluding hydrogens is 892 g/mol. The Morgan fingerprint density at radius 3 is 1.14 bits per heavy atom. The third-order valence-electron chi connectivity index (χ3n) is 10.8. The van der Waals surface area contributed by atoms with Crippen molar-refractivity contribution in [1.82, 2.24) is 20.6 Å². The molecular formula is C57H49N4NaO8. The fourth-order valence-corrected chi connectivity index (χ4v) is 7.08. The topological polar surface area (TPSA) is 169 Å². The summed E-state index contributed by atoms with van der Waals surface area (Å²) in [5.74, 6) is -1.56. The average Bonchev–Trinajstić information content (AvgIpc) is 3.40. The number of carbonyl (C=O) groups is 4. The minimum absolute atomic E-state index is 0. The van der Waals surface area contributed by atoms with Gasteiger partial charge in [0.25, 0.3) is 11.8 Å². The number of hydrogen-bond donors (Lipinski definition) is 2. The predicted octanol–water partition coefficient (Wildman–Crippen LogP) is 5.26. The van der Waals surface area contributed by atoms with Crippen molar-refractivity contribution in [2.45, 2.75) is 38.1 Å². The van der Waals surface area contributed by atoms with Crippen molar-refractivity contribution in [2.75, 3.05) is 7.11 Å². The van der Waals surface area contributed by atoms with Gasteiger partial charge in [-0.2, -0.15) is 0 Å². The predicted molar refractivity (Wildman–Crippen MR) is 261 cm³/mol. The first-order valence-electron chi connectivity index (χ1n) is 22.2. The number of nitrogens with one attached hydrogen (secondary N) is 2. The number of nitrogens with zero attached hydrogens (tertiary/aromatic N) is 2. The Morgan fingerprint density at radius 2 is 0.800 bits per heavy atom. The van der Waals surface area contributed by atoms with Gasteiger partial charge in [0, 0.05) is 53.2 Å². The molecule has 2 atom stereocenters. The van der Waals surface area contributed by atoms with Crippen LogP contribution < -0.4 is 54.8 Å². The number of rotatable bonds is 18. The standard InChI is InChI=1S/C29H26N2O4.C28H24N2O4.Na/c1-34-29(33)26(18-21-8-4-2-5-9-21)31-28(32)24-14-12-23(13-15-24)25-16-17-27(30-19-25)35-20-22-10-6-3-7-11-22;31-27(30-25(28(32)33)17-20-7-3-1-4-8-20)23-13-11-22(12-14-23)24-15-16-26(29-18-24)34-19-21-9-5-2-6-10-21;/h2-17,19,26H,18,20H2,1H3,(H,31,32);1-16,18,25H,17,19H2,(H,30,31)(H,32,33);/q;;+1/p-1. The number of aromatic nitrogens is 2. The molecule has 2 aromatic heterocycles. The Morgan fingerprint density at radius 1 is 0.457 bits per heavy atom. The summed E-state index contributed by atoms with van der Waals surface area (Å²) in [5, 5.41) is 16.9. The monoisotopic (exact) mass is 940 g/mol. The number of hydrogen-bond acceptors (Lipinski definition) is 10. The van der Waals surface area contributed by atoms with Gasteiger partial charge in [-0.25, -0.2) is 14.8 Å². The molecule has 346 valence electrons. The zero-order valence-electron chi connectivity index (χ0n) is 38.8. The number of carboxylic acids is 1. The van der Waals surface area contributed by atoms with E-state index in [4.69, 9.17) is 14.2 Å². The molecule has 70 heavy (non-hydrogen) atoms. The van der Waals surface area contributed by atoms with Gasteiger partial charge in [0.15, 0.2) is 0 Å². The number of benzene rings is 6. The number of ether oxygens (including phenoxy) is 3. The fraction of sp³-hybridized carbons (Fsp3) is 0.123. The van der Waals surface area contributed by atoms with E-state index in [0.29, 0.717) is 42.5 Å². The Labute approximate surface area is 429 Å². The maximum absolute atomic E-state index is 12.8. The number of carbonyl (C=O) groups excluding carboxylic acids is 4. The summed E-state index contributed by atoms with van der Waals surface area (Å²) >= 11 is 0. The van der Waals surface area contributed by atoms with Crippen LogP contribution in [-0.2, 0) is 40.4 Å². The number of pyridine rings is 2. The van der Waals surface area contributed by atoms with Crippen LogP contribution in [0, 0.1) is 0 Å². The normalized spacial score (nSPS) is 11.2. The molecule has 2 N–H and O–H groups in total. The van der Waals surface area contributed by atoms with Gasteiger partial charge >= 0.3 is 35.5 Å². The second kappa shape index (κ2) is 26.6. The quantitative estimate of drug-likeness (QED) is 0.0855. The minimum Gasteiger partial charge on any atom is -0.548 e. The van der Waals surface area contributed by atoms with E-state index in [1.54, 1.807) is 54.9 Å². The molecule has 0 fully saturated rings.